The first-order valence-corrected chi connectivity index (χ1v) is 16.0. The van der Waals surface area contributed by atoms with Gasteiger partial charge in [-0.3, -0.25) is 4.79 Å². The number of fused-ring (bicyclic) bond motifs is 8. The summed E-state index contributed by atoms with van der Waals surface area (Å²) in [6.07, 6.45) is 0. The second-order valence-corrected chi connectivity index (χ2v) is 13.7. The third-order valence-corrected chi connectivity index (χ3v) is 11.5. The van der Waals surface area contributed by atoms with E-state index in [0.29, 0.717) is 0 Å². The summed E-state index contributed by atoms with van der Waals surface area (Å²) in [6.45, 7) is 0. The molecule has 4 heteroatoms. The molecule has 0 aliphatic carbocycles. The van der Waals surface area contributed by atoms with Crippen LogP contribution in [0.25, 0.3) is 82.8 Å². The molecule has 0 saturated carbocycles. The van der Waals surface area contributed by atoms with Crippen LogP contribution in [0, 0.1) is 0 Å². The van der Waals surface area contributed by atoms with E-state index in [-0.39, 0.29) is 5.43 Å². The van der Waals surface area contributed by atoms with Gasteiger partial charge in [-0.05, 0) is 70.8 Å². The van der Waals surface area contributed by atoms with E-state index in [1.807, 2.05) is 22.7 Å². The van der Waals surface area contributed by atoms with Crippen LogP contribution in [-0.2, 0) is 0 Å². The molecule has 0 bridgehead atoms. The third-order valence-electron chi connectivity index (χ3n) is 8.09. The first-order chi connectivity index (χ1) is 20.2. The molecule has 0 N–H and O–H groups in total. The van der Waals surface area contributed by atoms with Crippen molar-refractivity contribution in [2.75, 3.05) is 0 Å². The Hall–Kier alpha value is -4.35. The van der Waals surface area contributed by atoms with Crippen LogP contribution < -0.4 is 5.43 Å². The summed E-state index contributed by atoms with van der Waals surface area (Å²) in [7, 11) is 0. The fourth-order valence-electron chi connectivity index (χ4n) is 6.03. The molecule has 9 rings (SSSR count). The zero-order valence-corrected chi connectivity index (χ0v) is 24.1. The van der Waals surface area contributed by atoms with Crippen molar-refractivity contribution in [1.82, 2.24) is 0 Å². The molecule has 6 aromatic carbocycles. The Kier molecular flexibility index (Phi) is 5.03. The summed E-state index contributed by atoms with van der Waals surface area (Å²) < 4.78 is 7.19. The number of hydrogen-bond donors (Lipinski definition) is 0. The van der Waals surface area contributed by atoms with Crippen LogP contribution >= 0.6 is 34.0 Å². The third kappa shape index (κ3) is 3.62. The van der Waals surface area contributed by atoms with E-state index in [1.165, 1.54) is 40.3 Å². The van der Waals surface area contributed by atoms with Gasteiger partial charge in [0, 0.05) is 60.5 Å². The van der Waals surface area contributed by atoms with Gasteiger partial charge in [-0.15, -0.1) is 34.0 Å². The Balaban J connectivity index is 1.17. The van der Waals surface area contributed by atoms with Crippen LogP contribution in [-0.4, -0.2) is 0 Å². The van der Waals surface area contributed by atoms with Crippen molar-refractivity contribution in [2.24, 2.45) is 0 Å². The molecule has 0 atom stereocenters. The lowest BCUT2D eigenvalue weighted by Crippen LogP contribution is -2.01. The van der Waals surface area contributed by atoms with Crippen LogP contribution in [0.4, 0.5) is 0 Å². The molecular formula is C37H20OS3. The van der Waals surface area contributed by atoms with Crippen molar-refractivity contribution < 1.29 is 0 Å². The monoisotopic (exact) mass is 576 g/mol. The molecule has 0 unspecified atom stereocenters. The summed E-state index contributed by atoms with van der Waals surface area (Å²) in [5.74, 6) is 0. The smallest absolute Gasteiger partial charge is 0.195 e. The molecule has 0 amide bonds. The topological polar surface area (TPSA) is 17.1 Å². The quantitative estimate of drug-likeness (QED) is 0.187. The average Bonchev–Trinajstić information content (AvgIpc) is 3.58. The minimum atomic E-state index is 0.100. The van der Waals surface area contributed by atoms with Crippen molar-refractivity contribution in [1.29, 1.82) is 0 Å². The standard InChI is InChI=1S/C37H20OS3/c38-37-29-17-21(23-9-13-27-25-5-1-3-7-31(25)40-35(27)19-23)11-15-33(29)39-34-16-12-22(18-30(34)37)24-10-14-28-26-6-2-4-8-32(26)41-36(28)20-24/h1-20H. The maximum Gasteiger partial charge on any atom is 0.195 e. The van der Waals surface area contributed by atoms with Crippen molar-refractivity contribution >= 4 is 94.5 Å². The number of thiophene rings is 2. The van der Waals surface area contributed by atoms with Crippen LogP contribution in [0.2, 0.25) is 0 Å². The lowest BCUT2D eigenvalue weighted by Gasteiger charge is -2.08. The van der Waals surface area contributed by atoms with Gasteiger partial charge in [-0.25, -0.2) is 0 Å². The minimum absolute atomic E-state index is 0.100. The van der Waals surface area contributed by atoms with Crippen molar-refractivity contribution in [3.05, 3.63) is 132 Å². The first-order valence-electron chi connectivity index (χ1n) is 13.5. The van der Waals surface area contributed by atoms with E-state index in [2.05, 4.69) is 121 Å². The predicted molar refractivity (Wildman–Crippen MR) is 182 cm³/mol. The Morgan fingerprint density at radius 2 is 0.683 bits per heavy atom. The van der Waals surface area contributed by atoms with Crippen molar-refractivity contribution in [3.63, 3.8) is 0 Å². The fraction of sp³-hybridized carbons (Fsp3) is 0. The highest BCUT2D eigenvalue weighted by molar-refractivity contribution is 7.26. The van der Waals surface area contributed by atoms with Gasteiger partial charge in [0.15, 0.2) is 5.43 Å². The summed E-state index contributed by atoms with van der Waals surface area (Å²) in [6, 6.07) is 43.1. The molecule has 9 aromatic rings. The SMILES string of the molecule is O=c1c2cc(-c3ccc4c(c3)sc3ccccc34)ccc2sc2ccc(-c3ccc4c(c3)sc3ccccc34)cc12. The molecule has 0 fully saturated rings. The highest BCUT2D eigenvalue weighted by atomic mass is 32.1. The highest BCUT2D eigenvalue weighted by Crippen LogP contribution is 2.39. The van der Waals surface area contributed by atoms with Crippen LogP contribution in [0.1, 0.15) is 0 Å². The molecule has 0 radical (unpaired) electrons. The van der Waals surface area contributed by atoms with Gasteiger partial charge in [-0.1, -0.05) is 72.8 Å². The summed E-state index contributed by atoms with van der Waals surface area (Å²) >= 11 is 5.33. The van der Waals surface area contributed by atoms with E-state index < -0.39 is 0 Å². The second kappa shape index (κ2) is 8.82. The molecule has 0 aliphatic heterocycles. The second-order valence-electron chi connectivity index (χ2n) is 10.5. The van der Waals surface area contributed by atoms with Gasteiger partial charge in [0.1, 0.15) is 0 Å². The maximum absolute atomic E-state index is 13.9. The number of hydrogen-bond acceptors (Lipinski definition) is 4. The zero-order chi connectivity index (χ0) is 27.1. The normalized spacial score (nSPS) is 12.0. The van der Waals surface area contributed by atoms with Crippen LogP contribution in [0.3, 0.4) is 0 Å². The lowest BCUT2D eigenvalue weighted by atomic mass is 10.0. The fourth-order valence-corrected chi connectivity index (χ4v) is 9.35. The molecule has 1 nitrogen and oxygen atoms in total. The van der Waals surface area contributed by atoms with Gasteiger partial charge in [0.25, 0.3) is 0 Å². The summed E-state index contributed by atoms with van der Waals surface area (Å²) in [5.41, 5.74) is 4.53. The number of rotatable bonds is 2. The molecule has 192 valence electrons. The predicted octanol–water partition coefficient (Wildman–Crippen LogP) is 11.5. The summed E-state index contributed by atoms with van der Waals surface area (Å²) in [5, 5.41) is 6.75. The van der Waals surface area contributed by atoms with Crippen LogP contribution in [0.5, 0.6) is 0 Å². The average molecular weight is 577 g/mol. The molecular weight excluding hydrogens is 557 g/mol. The Morgan fingerprint density at radius 1 is 0.317 bits per heavy atom. The van der Waals surface area contributed by atoms with Gasteiger partial charge < -0.3 is 0 Å². The molecule has 41 heavy (non-hydrogen) atoms. The lowest BCUT2D eigenvalue weighted by molar-refractivity contribution is 1.68. The Morgan fingerprint density at radius 3 is 1.20 bits per heavy atom. The highest BCUT2D eigenvalue weighted by Gasteiger charge is 2.12. The maximum atomic E-state index is 13.9. The molecule has 0 spiro atoms. The van der Waals surface area contributed by atoms with Crippen molar-refractivity contribution in [3.8, 4) is 22.3 Å². The van der Waals surface area contributed by atoms with E-state index in [9.17, 15) is 4.79 Å². The molecule has 0 aliphatic rings. The van der Waals surface area contributed by atoms with Gasteiger partial charge >= 0.3 is 0 Å². The van der Waals surface area contributed by atoms with Crippen molar-refractivity contribution in [2.45, 2.75) is 0 Å². The zero-order valence-electron chi connectivity index (χ0n) is 21.7. The van der Waals surface area contributed by atoms with E-state index >= 15 is 0 Å². The largest absolute Gasteiger partial charge is 0.289 e. The Labute approximate surface area is 247 Å². The molecule has 3 heterocycles. The molecule has 3 aromatic heterocycles. The van der Waals surface area contributed by atoms with Gasteiger partial charge in [0.05, 0.1) is 0 Å². The Bertz CT molecular complexity index is 2390. The minimum Gasteiger partial charge on any atom is -0.289 e. The molecule has 0 saturated heterocycles. The van der Waals surface area contributed by atoms with E-state index in [0.717, 1.165) is 42.4 Å². The summed E-state index contributed by atoms with van der Waals surface area (Å²) in [4.78, 5) is 13.9. The van der Waals surface area contributed by atoms with Gasteiger partial charge in [-0.2, -0.15) is 0 Å². The van der Waals surface area contributed by atoms with Gasteiger partial charge in [0.2, 0.25) is 0 Å². The first kappa shape index (κ1) is 23.4. The number of benzene rings is 6. The van der Waals surface area contributed by atoms with E-state index in [4.69, 9.17) is 0 Å². The van der Waals surface area contributed by atoms with E-state index in [1.54, 1.807) is 11.3 Å². The van der Waals surface area contributed by atoms with Crippen LogP contribution in [0.15, 0.2) is 126 Å².